The summed E-state index contributed by atoms with van der Waals surface area (Å²) in [5, 5.41) is 9.07. The number of rotatable bonds is 1. The average molecular weight is 177 g/mol. The number of likely N-dealkylation sites (N-methyl/N-ethyl adjacent to an activating group) is 1. The van der Waals surface area contributed by atoms with Crippen LogP contribution in [0.5, 0.6) is 0 Å². The molecule has 0 saturated carbocycles. The second-order valence-electron chi connectivity index (χ2n) is 3.21. The standard InChI is InChI=1S/C10H11NO2/c1-11-9(13)5-7-3-2-4-8(6-12)10(7)11/h2-4,12H,5-6H2,1H3. The van der Waals surface area contributed by atoms with Crippen molar-refractivity contribution in [3.8, 4) is 0 Å². The van der Waals surface area contributed by atoms with Crippen LogP contribution in [0.3, 0.4) is 0 Å². The molecule has 1 N–H and O–H groups in total. The van der Waals surface area contributed by atoms with E-state index in [2.05, 4.69) is 0 Å². The normalized spacial score (nSPS) is 14.9. The average Bonchev–Trinajstić information content (AvgIpc) is 2.43. The van der Waals surface area contributed by atoms with Gasteiger partial charge in [-0.1, -0.05) is 18.2 Å². The lowest BCUT2D eigenvalue weighted by Crippen LogP contribution is -2.21. The van der Waals surface area contributed by atoms with Crippen molar-refractivity contribution < 1.29 is 9.90 Å². The van der Waals surface area contributed by atoms with Crippen LogP contribution in [0.25, 0.3) is 0 Å². The molecule has 0 spiro atoms. The first kappa shape index (κ1) is 8.26. The first-order chi connectivity index (χ1) is 6.24. The van der Waals surface area contributed by atoms with Crippen LogP contribution in [-0.4, -0.2) is 18.1 Å². The Balaban J connectivity index is 2.57. The number of carbonyl (C=O) groups excluding carboxylic acids is 1. The van der Waals surface area contributed by atoms with Gasteiger partial charge in [-0.05, 0) is 5.56 Å². The lowest BCUT2D eigenvalue weighted by atomic mass is 10.1. The molecule has 0 bridgehead atoms. The molecular formula is C10H11NO2. The van der Waals surface area contributed by atoms with E-state index >= 15 is 0 Å². The molecule has 13 heavy (non-hydrogen) atoms. The van der Waals surface area contributed by atoms with E-state index < -0.39 is 0 Å². The van der Waals surface area contributed by atoms with Gasteiger partial charge in [0.15, 0.2) is 0 Å². The number of aliphatic hydroxyl groups is 1. The number of hydrogen-bond donors (Lipinski definition) is 1. The van der Waals surface area contributed by atoms with Crippen molar-refractivity contribution >= 4 is 11.6 Å². The van der Waals surface area contributed by atoms with E-state index in [1.54, 1.807) is 11.9 Å². The number of hydrogen-bond acceptors (Lipinski definition) is 2. The molecule has 3 heteroatoms. The number of nitrogens with zero attached hydrogens (tertiary/aromatic N) is 1. The van der Waals surface area contributed by atoms with E-state index in [-0.39, 0.29) is 12.5 Å². The van der Waals surface area contributed by atoms with Gasteiger partial charge < -0.3 is 10.0 Å². The highest BCUT2D eigenvalue weighted by Crippen LogP contribution is 2.31. The van der Waals surface area contributed by atoms with Gasteiger partial charge in [-0.3, -0.25) is 4.79 Å². The lowest BCUT2D eigenvalue weighted by molar-refractivity contribution is -0.117. The molecule has 1 aliphatic rings. The molecule has 0 unspecified atom stereocenters. The maximum atomic E-state index is 11.3. The minimum atomic E-state index is -0.0131. The Morgan fingerprint density at radius 1 is 1.54 bits per heavy atom. The zero-order valence-corrected chi connectivity index (χ0v) is 7.45. The number of fused-ring (bicyclic) bond motifs is 1. The van der Waals surface area contributed by atoms with Crippen LogP contribution in [-0.2, 0) is 17.8 Å². The summed E-state index contributed by atoms with van der Waals surface area (Å²) in [4.78, 5) is 13.0. The molecule has 1 aliphatic heterocycles. The first-order valence-corrected chi connectivity index (χ1v) is 4.22. The van der Waals surface area contributed by atoms with Crippen molar-refractivity contribution in [1.29, 1.82) is 0 Å². The summed E-state index contributed by atoms with van der Waals surface area (Å²) in [6, 6.07) is 5.64. The quantitative estimate of drug-likeness (QED) is 0.686. The molecule has 1 heterocycles. The molecule has 0 fully saturated rings. The molecule has 2 rings (SSSR count). The Hall–Kier alpha value is -1.35. The fourth-order valence-corrected chi connectivity index (χ4v) is 1.75. The van der Waals surface area contributed by atoms with Crippen molar-refractivity contribution in [2.24, 2.45) is 0 Å². The molecule has 1 aromatic carbocycles. The fraction of sp³-hybridized carbons (Fsp3) is 0.300. The molecule has 3 nitrogen and oxygen atoms in total. The second kappa shape index (κ2) is 2.85. The number of aliphatic hydroxyl groups excluding tert-OH is 1. The zero-order valence-electron chi connectivity index (χ0n) is 7.45. The van der Waals surface area contributed by atoms with E-state index in [0.717, 1.165) is 16.8 Å². The van der Waals surface area contributed by atoms with Crippen LogP contribution in [0.15, 0.2) is 18.2 Å². The molecule has 0 aliphatic carbocycles. The van der Waals surface area contributed by atoms with Crippen molar-refractivity contribution in [2.75, 3.05) is 11.9 Å². The number of amides is 1. The Morgan fingerprint density at radius 3 is 3.00 bits per heavy atom. The summed E-state index contributed by atoms with van der Waals surface area (Å²) in [6.45, 7) is -0.0131. The van der Waals surface area contributed by atoms with E-state index in [0.29, 0.717) is 6.42 Å². The monoisotopic (exact) mass is 177 g/mol. The van der Waals surface area contributed by atoms with Crippen LogP contribution in [0.1, 0.15) is 11.1 Å². The predicted molar refractivity (Wildman–Crippen MR) is 49.5 cm³/mol. The van der Waals surface area contributed by atoms with Crippen LogP contribution in [0, 0.1) is 0 Å². The summed E-state index contributed by atoms with van der Waals surface area (Å²) in [7, 11) is 1.74. The van der Waals surface area contributed by atoms with Gasteiger partial charge in [0.2, 0.25) is 5.91 Å². The highest BCUT2D eigenvalue weighted by molar-refractivity contribution is 6.01. The van der Waals surface area contributed by atoms with Gasteiger partial charge in [-0.15, -0.1) is 0 Å². The van der Waals surface area contributed by atoms with Gasteiger partial charge in [-0.2, -0.15) is 0 Å². The van der Waals surface area contributed by atoms with Gasteiger partial charge in [0.05, 0.1) is 18.7 Å². The summed E-state index contributed by atoms with van der Waals surface area (Å²) < 4.78 is 0. The van der Waals surface area contributed by atoms with Gasteiger partial charge >= 0.3 is 0 Å². The highest BCUT2D eigenvalue weighted by Gasteiger charge is 2.25. The van der Waals surface area contributed by atoms with E-state index in [1.165, 1.54) is 0 Å². The molecule has 0 atom stereocenters. The summed E-state index contributed by atoms with van der Waals surface area (Å²) >= 11 is 0. The molecule has 0 radical (unpaired) electrons. The molecule has 0 aromatic heterocycles. The van der Waals surface area contributed by atoms with Crippen molar-refractivity contribution in [2.45, 2.75) is 13.0 Å². The van der Waals surface area contributed by atoms with Gasteiger partial charge in [0.25, 0.3) is 0 Å². The number of benzene rings is 1. The van der Waals surface area contributed by atoms with Gasteiger partial charge in [0, 0.05) is 12.6 Å². The lowest BCUT2D eigenvalue weighted by Gasteiger charge is -2.13. The van der Waals surface area contributed by atoms with Gasteiger partial charge in [0.1, 0.15) is 0 Å². The maximum Gasteiger partial charge on any atom is 0.231 e. The molecule has 0 saturated heterocycles. The van der Waals surface area contributed by atoms with E-state index in [1.807, 2.05) is 18.2 Å². The molecular weight excluding hydrogens is 166 g/mol. The predicted octanol–water partition coefficient (Wildman–Crippen LogP) is 0.698. The van der Waals surface area contributed by atoms with Crippen molar-refractivity contribution in [1.82, 2.24) is 0 Å². The van der Waals surface area contributed by atoms with Crippen molar-refractivity contribution in [3.05, 3.63) is 29.3 Å². The largest absolute Gasteiger partial charge is 0.392 e. The summed E-state index contributed by atoms with van der Waals surface area (Å²) in [5.41, 5.74) is 2.72. The maximum absolute atomic E-state index is 11.3. The second-order valence-corrected chi connectivity index (χ2v) is 3.21. The van der Waals surface area contributed by atoms with Crippen LogP contribution < -0.4 is 4.90 Å². The SMILES string of the molecule is CN1C(=O)Cc2cccc(CO)c21. The fourth-order valence-electron chi connectivity index (χ4n) is 1.75. The number of carbonyl (C=O) groups is 1. The van der Waals surface area contributed by atoms with Crippen LogP contribution >= 0.6 is 0 Å². The number of anilines is 1. The summed E-state index contributed by atoms with van der Waals surface area (Å²) in [5.74, 6) is 0.0934. The minimum absolute atomic E-state index is 0.0131. The van der Waals surface area contributed by atoms with Crippen LogP contribution in [0.2, 0.25) is 0 Å². The highest BCUT2D eigenvalue weighted by atomic mass is 16.3. The third-order valence-electron chi connectivity index (χ3n) is 2.42. The van der Waals surface area contributed by atoms with Crippen LogP contribution in [0.4, 0.5) is 5.69 Å². The topological polar surface area (TPSA) is 40.5 Å². The smallest absolute Gasteiger partial charge is 0.231 e. The molecule has 1 aromatic rings. The molecule has 1 amide bonds. The van der Waals surface area contributed by atoms with E-state index in [9.17, 15) is 4.79 Å². The number of para-hydroxylation sites is 1. The third-order valence-corrected chi connectivity index (χ3v) is 2.42. The Morgan fingerprint density at radius 2 is 2.31 bits per heavy atom. The molecule has 68 valence electrons. The van der Waals surface area contributed by atoms with E-state index in [4.69, 9.17) is 5.11 Å². The third kappa shape index (κ3) is 1.12. The first-order valence-electron chi connectivity index (χ1n) is 4.22. The van der Waals surface area contributed by atoms with Gasteiger partial charge in [-0.25, -0.2) is 0 Å². The van der Waals surface area contributed by atoms with Crippen molar-refractivity contribution in [3.63, 3.8) is 0 Å². The Bertz CT molecular complexity index is 360. The zero-order chi connectivity index (χ0) is 9.42. The Labute approximate surface area is 76.6 Å². The Kier molecular flexibility index (Phi) is 1.81. The summed E-state index contributed by atoms with van der Waals surface area (Å²) in [6.07, 6.45) is 0.458. The minimum Gasteiger partial charge on any atom is -0.392 e.